The van der Waals surface area contributed by atoms with Crippen molar-refractivity contribution in [3.05, 3.63) is 23.5 Å². The lowest BCUT2D eigenvalue weighted by molar-refractivity contribution is 0.530. The van der Waals surface area contributed by atoms with Crippen LogP contribution >= 0.6 is 11.6 Å². The average Bonchev–Trinajstić information content (AvgIpc) is 2.26. The number of rotatable bonds is 5. The molecule has 90 valence electrons. The van der Waals surface area contributed by atoms with Gasteiger partial charge in [-0.25, -0.2) is 18.1 Å². The molecule has 4 nitrogen and oxygen atoms in total. The van der Waals surface area contributed by atoms with Gasteiger partial charge >= 0.3 is 0 Å². The Bertz CT molecular complexity index is 444. The van der Waals surface area contributed by atoms with E-state index in [4.69, 9.17) is 11.6 Å². The molecule has 1 rings (SSSR count). The first-order chi connectivity index (χ1) is 7.51. The molecular formula is C10H15ClN2O2S. The first kappa shape index (κ1) is 13.4. The van der Waals surface area contributed by atoms with Crippen LogP contribution in [0.4, 0.5) is 0 Å². The maximum Gasteiger partial charge on any atom is 0.243 e. The van der Waals surface area contributed by atoms with Gasteiger partial charge < -0.3 is 0 Å². The van der Waals surface area contributed by atoms with E-state index in [0.717, 1.165) is 12.8 Å². The summed E-state index contributed by atoms with van der Waals surface area (Å²) in [5.74, 6) is 0. The number of nitrogens with one attached hydrogen (secondary N) is 1. The third kappa shape index (κ3) is 3.17. The second kappa shape index (κ2) is 5.61. The number of nitrogens with zero attached hydrogens (tertiary/aromatic N) is 1. The monoisotopic (exact) mass is 262 g/mol. The van der Waals surface area contributed by atoms with Gasteiger partial charge in [-0.05, 0) is 25.0 Å². The fourth-order valence-electron chi connectivity index (χ4n) is 1.31. The van der Waals surface area contributed by atoms with Gasteiger partial charge in [0.25, 0.3) is 0 Å². The van der Waals surface area contributed by atoms with Gasteiger partial charge in [-0.1, -0.05) is 25.4 Å². The summed E-state index contributed by atoms with van der Waals surface area (Å²) in [6, 6.07) is 2.93. The highest BCUT2D eigenvalue weighted by Crippen LogP contribution is 2.18. The highest BCUT2D eigenvalue weighted by atomic mass is 35.5. The molecule has 0 fully saturated rings. The predicted octanol–water partition coefficient (Wildman–Crippen LogP) is 2.20. The maximum absolute atomic E-state index is 11.9. The van der Waals surface area contributed by atoms with E-state index in [2.05, 4.69) is 9.71 Å². The molecule has 0 spiro atoms. The standard InChI is InChI=1S/C10H15ClN2O2S/c1-3-8(4-2)13-16(14,15)9-6-5-7-12-10(9)11/h5-8,13H,3-4H2,1-2H3. The van der Waals surface area contributed by atoms with Gasteiger partial charge in [0, 0.05) is 12.2 Å². The van der Waals surface area contributed by atoms with Crippen molar-refractivity contribution < 1.29 is 8.42 Å². The van der Waals surface area contributed by atoms with Gasteiger partial charge in [-0.15, -0.1) is 0 Å². The van der Waals surface area contributed by atoms with Crippen LogP contribution in [-0.2, 0) is 10.0 Å². The molecule has 0 aliphatic rings. The lowest BCUT2D eigenvalue weighted by atomic mass is 10.2. The van der Waals surface area contributed by atoms with Gasteiger partial charge in [0.05, 0.1) is 0 Å². The quantitative estimate of drug-likeness (QED) is 0.828. The Morgan fingerprint density at radius 3 is 2.56 bits per heavy atom. The Labute approximate surface area is 101 Å². The van der Waals surface area contributed by atoms with E-state index in [-0.39, 0.29) is 16.1 Å². The molecule has 0 aromatic carbocycles. The van der Waals surface area contributed by atoms with E-state index in [1.54, 1.807) is 6.07 Å². The van der Waals surface area contributed by atoms with Gasteiger partial charge in [-0.2, -0.15) is 0 Å². The SMILES string of the molecule is CCC(CC)NS(=O)(=O)c1cccnc1Cl. The van der Waals surface area contributed by atoms with Gasteiger partial charge in [0.1, 0.15) is 10.0 Å². The maximum atomic E-state index is 11.9. The van der Waals surface area contributed by atoms with Crippen LogP contribution < -0.4 is 4.72 Å². The highest BCUT2D eigenvalue weighted by Gasteiger charge is 2.20. The number of sulfonamides is 1. The molecule has 1 N–H and O–H groups in total. The van der Waals surface area contributed by atoms with Crippen LogP contribution in [0.25, 0.3) is 0 Å². The van der Waals surface area contributed by atoms with Crippen molar-refractivity contribution in [2.45, 2.75) is 37.6 Å². The zero-order valence-electron chi connectivity index (χ0n) is 9.27. The lowest BCUT2D eigenvalue weighted by Crippen LogP contribution is -2.34. The number of pyridine rings is 1. The zero-order chi connectivity index (χ0) is 12.2. The molecule has 1 heterocycles. The summed E-state index contributed by atoms with van der Waals surface area (Å²) in [6.07, 6.45) is 2.94. The van der Waals surface area contributed by atoms with Crippen molar-refractivity contribution in [2.75, 3.05) is 0 Å². The first-order valence-corrected chi connectivity index (χ1v) is 7.00. The van der Waals surface area contributed by atoms with E-state index < -0.39 is 10.0 Å². The van der Waals surface area contributed by atoms with E-state index in [0.29, 0.717) is 0 Å². The highest BCUT2D eigenvalue weighted by molar-refractivity contribution is 7.89. The molecule has 0 saturated carbocycles. The topological polar surface area (TPSA) is 59.1 Å². The molecule has 1 aromatic heterocycles. The number of halogens is 1. The molecule has 0 aliphatic heterocycles. The molecule has 0 radical (unpaired) electrons. The Morgan fingerprint density at radius 2 is 2.06 bits per heavy atom. The smallest absolute Gasteiger partial charge is 0.243 e. The summed E-state index contributed by atoms with van der Waals surface area (Å²) in [5, 5.41) is 0.000885. The van der Waals surface area contributed by atoms with E-state index in [1.807, 2.05) is 13.8 Å². The molecular weight excluding hydrogens is 248 g/mol. The van der Waals surface area contributed by atoms with E-state index in [1.165, 1.54) is 12.3 Å². The van der Waals surface area contributed by atoms with Crippen LogP contribution in [-0.4, -0.2) is 19.4 Å². The van der Waals surface area contributed by atoms with Crippen molar-refractivity contribution in [1.29, 1.82) is 0 Å². The molecule has 0 atom stereocenters. The van der Waals surface area contributed by atoms with Crippen LogP contribution in [0.5, 0.6) is 0 Å². The van der Waals surface area contributed by atoms with Crippen LogP contribution in [0.3, 0.4) is 0 Å². The van der Waals surface area contributed by atoms with Crippen molar-refractivity contribution in [2.24, 2.45) is 0 Å². The van der Waals surface area contributed by atoms with Crippen molar-refractivity contribution in [1.82, 2.24) is 9.71 Å². The average molecular weight is 263 g/mol. The molecule has 0 unspecified atom stereocenters. The van der Waals surface area contributed by atoms with Gasteiger partial charge in [-0.3, -0.25) is 0 Å². The normalized spacial score (nSPS) is 12.0. The summed E-state index contributed by atoms with van der Waals surface area (Å²) < 4.78 is 26.5. The summed E-state index contributed by atoms with van der Waals surface area (Å²) >= 11 is 5.75. The summed E-state index contributed by atoms with van der Waals surface area (Å²) in [7, 11) is -3.56. The molecule has 16 heavy (non-hydrogen) atoms. The Balaban J connectivity index is 2.99. The molecule has 0 amide bonds. The molecule has 6 heteroatoms. The van der Waals surface area contributed by atoms with Crippen LogP contribution in [0.15, 0.2) is 23.2 Å². The van der Waals surface area contributed by atoms with Crippen LogP contribution in [0.1, 0.15) is 26.7 Å². The van der Waals surface area contributed by atoms with Gasteiger partial charge in [0.2, 0.25) is 10.0 Å². The lowest BCUT2D eigenvalue weighted by Gasteiger charge is -2.15. The van der Waals surface area contributed by atoms with E-state index >= 15 is 0 Å². The number of hydrogen-bond acceptors (Lipinski definition) is 3. The Kier molecular flexibility index (Phi) is 4.70. The minimum absolute atomic E-state index is 0.000885. The second-order valence-electron chi connectivity index (χ2n) is 3.43. The third-order valence-electron chi connectivity index (χ3n) is 2.32. The number of hydrogen-bond donors (Lipinski definition) is 1. The third-order valence-corrected chi connectivity index (χ3v) is 4.29. The second-order valence-corrected chi connectivity index (χ2v) is 5.47. The molecule has 0 aliphatic carbocycles. The fraction of sp³-hybridized carbons (Fsp3) is 0.500. The molecule has 1 aromatic rings. The fourth-order valence-corrected chi connectivity index (χ4v) is 3.17. The first-order valence-electron chi connectivity index (χ1n) is 5.14. The number of aromatic nitrogens is 1. The zero-order valence-corrected chi connectivity index (χ0v) is 10.8. The van der Waals surface area contributed by atoms with Gasteiger partial charge in [0.15, 0.2) is 0 Å². The summed E-state index contributed by atoms with van der Waals surface area (Å²) in [4.78, 5) is 3.78. The largest absolute Gasteiger partial charge is 0.243 e. The van der Waals surface area contributed by atoms with Crippen molar-refractivity contribution >= 4 is 21.6 Å². The minimum atomic E-state index is -3.56. The van der Waals surface area contributed by atoms with Crippen molar-refractivity contribution in [3.63, 3.8) is 0 Å². The molecule has 0 bridgehead atoms. The minimum Gasteiger partial charge on any atom is -0.243 e. The Hall–Kier alpha value is -0.650. The predicted molar refractivity (Wildman–Crippen MR) is 63.9 cm³/mol. The van der Waals surface area contributed by atoms with Crippen molar-refractivity contribution in [3.8, 4) is 0 Å². The van der Waals surface area contributed by atoms with Crippen LogP contribution in [0, 0.1) is 0 Å². The van der Waals surface area contributed by atoms with Crippen LogP contribution in [0.2, 0.25) is 5.15 Å². The summed E-state index contributed by atoms with van der Waals surface area (Å²) in [6.45, 7) is 3.86. The van der Waals surface area contributed by atoms with E-state index in [9.17, 15) is 8.42 Å². The Morgan fingerprint density at radius 1 is 1.44 bits per heavy atom. The molecule has 0 saturated heterocycles. The summed E-state index contributed by atoms with van der Waals surface area (Å²) in [5.41, 5.74) is 0.